The molecule has 9 heteroatoms. The first-order valence-electron chi connectivity index (χ1n) is 17.7. The van der Waals surface area contributed by atoms with E-state index in [1.54, 1.807) is 45.8 Å². The van der Waals surface area contributed by atoms with Crippen molar-refractivity contribution in [1.82, 2.24) is 0 Å². The second kappa shape index (κ2) is 15.9. The van der Waals surface area contributed by atoms with Crippen molar-refractivity contribution in [1.29, 1.82) is 0 Å². The minimum absolute atomic E-state index is 0. The summed E-state index contributed by atoms with van der Waals surface area (Å²) in [7, 11) is -9.45. The predicted molar refractivity (Wildman–Crippen MR) is 225 cm³/mol. The number of benzene rings is 3. The van der Waals surface area contributed by atoms with E-state index in [1.165, 1.54) is 22.3 Å². The molecule has 0 fully saturated rings. The number of aryl methyl sites for hydroxylation is 2. The van der Waals surface area contributed by atoms with E-state index in [9.17, 15) is 0 Å². The summed E-state index contributed by atoms with van der Waals surface area (Å²) in [6.45, 7) is 45.2. The Hall–Kier alpha value is -0.191. The van der Waals surface area contributed by atoms with Crippen molar-refractivity contribution in [2.24, 2.45) is 0 Å². The van der Waals surface area contributed by atoms with Crippen molar-refractivity contribution in [2.75, 3.05) is 0 Å². The molecule has 1 unspecified atom stereocenters. The van der Waals surface area contributed by atoms with Crippen LogP contribution in [0, 0.1) is 13.8 Å². The Kier molecular flexibility index (Phi) is 15.2. The molecule has 4 rings (SSSR count). The summed E-state index contributed by atoms with van der Waals surface area (Å²) in [6, 6.07) is 23.9. The van der Waals surface area contributed by atoms with Gasteiger partial charge in [-0.05, 0) is 0 Å². The largest absolute Gasteiger partial charge is 1.00 e. The van der Waals surface area contributed by atoms with Gasteiger partial charge < -0.3 is 37.2 Å². The molecule has 0 heterocycles. The Morgan fingerprint density at radius 2 is 0.660 bits per heavy atom. The first kappa shape index (κ1) is 47.8. The summed E-state index contributed by atoms with van der Waals surface area (Å²) in [4.78, 5) is 0. The van der Waals surface area contributed by atoms with E-state index in [4.69, 9.17) is 0 Å². The minimum Gasteiger partial charge on any atom is -1.00 e. The maximum absolute atomic E-state index is 2.86. The molecule has 0 bridgehead atoms. The van der Waals surface area contributed by atoms with Crippen molar-refractivity contribution in [3.05, 3.63) is 86.3 Å². The molecule has 3 aromatic rings. The average molecular weight is 851 g/mol. The van der Waals surface area contributed by atoms with E-state index in [2.05, 4.69) is 195 Å². The third-order valence-electron chi connectivity index (χ3n) is 11.4. The molecule has 50 heavy (non-hydrogen) atoms. The Morgan fingerprint density at radius 3 is 0.900 bits per heavy atom. The molecule has 0 nitrogen and oxygen atoms in total. The molecule has 0 aliphatic heterocycles. The fraction of sp³-hybridized carbons (Fsp3) is 0.463. The molecule has 0 aromatic heterocycles. The molecule has 0 spiro atoms. The van der Waals surface area contributed by atoms with Crippen LogP contribution < -0.4 is 73.5 Å². The van der Waals surface area contributed by atoms with E-state index in [1.807, 2.05) is 0 Å². The number of rotatable bonds is 8. The maximum atomic E-state index is 2.75. The Morgan fingerprint density at radius 1 is 0.400 bits per heavy atom. The van der Waals surface area contributed by atoms with Gasteiger partial charge >= 0.3 is 309 Å². The third kappa shape index (κ3) is 8.53. The van der Waals surface area contributed by atoms with Gasteiger partial charge in [-0.3, -0.25) is 0 Å². The zero-order valence-electron chi connectivity index (χ0n) is 34.3. The van der Waals surface area contributed by atoms with Crippen molar-refractivity contribution in [2.45, 2.75) is 125 Å². The maximum Gasteiger partial charge on any atom is -1.00 e. The topological polar surface area (TPSA) is 0 Å². The molecule has 1 atom stereocenters. The number of hydrogen-bond donors (Lipinski definition) is 0. The van der Waals surface area contributed by atoms with E-state index in [0.717, 1.165) is 0 Å². The smallest absolute Gasteiger partial charge is 1.00 e. The summed E-state index contributed by atoms with van der Waals surface area (Å²) >= 11 is 2.49. The fourth-order valence-electron chi connectivity index (χ4n) is 7.85. The van der Waals surface area contributed by atoms with Gasteiger partial charge in [-0.2, -0.15) is 0 Å². The van der Waals surface area contributed by atoms with Crippen LogP contribution in [-0.2, 0) is 20.4 Å². The van der Waals surface area contributed by atoms with Gasteiger partial charge in [-0.1, -0.05) is 0 Å². The molecule has 272 valence electrons. The second-order valence-corrected chi connectivity index (χ2v) is 44.4. The summed E-state index contributed by atoms with van der Waals surface area (Å²) in [6.07, 6.45) is 0. The molecular weight excluding hydrogens is 787 g/mol. The average Bonchev–Trinajstić information content (AvgIpc) is 3.06. The normalized spacial score (nSPS) is 17.4. The molecule has 0 saturated heterocycles. The van der Waals surface area contributed by atoms with Crippen LogP contribution in [0.5, 0.6) is 0 Å². The molecule has 0 N–H and O–H groups in total. The molecule has 0 saturated carbocycles. The zero-order valence-corrected chi connectivity index (χ0v) is 43.2. The van der Waals surface area contributed by atoms with E-state index >= 15 is 0 Å². The van der Waals surface area contributed by atoms with Gasteiger partial charge in [0.2, 0.25) is 0 Å². The molecule has 1 aliphatic rings. The molecule has 0 radical (unpaired) electrons. The van der Waals surface area contributed by atoms with Crippen LogP contribution in [0.3, 0.4) is 0 Å². The number of halogens is 3. The Bertz CT molecular complexity index is 1610. The second-order valence-electron chi connectivity index (χ2n) is 19.1. The summed E-state index contributed by atoms with van der Waals surface area (Å²) < 4.78 is 1.58. The SMILES string of the molecule is CC1=C(C)C(C)([Si](c2cc(C)cc(C)c2)(c2cc([Si](C)(C)C)cc([Si](C)(C)C)c2)c2cc([Si](C)(C)C)cc([Si](C)(C)C)c2)[C]([Ti+3])=C1C.[Cl-].[Cl-].[Cl-]. The Balaban J connectivity index is 0.00000417. The molecule has 0 amide bonds. The predicted octanol–water partition coefficient (Wildman–Crippen LogP) is -1.10. The zero-order chi connectivity index (χ0) is 35.9. The van der Waals surface area contributed by atoms with Gasteiger partial charge in [0, 0.05) is 0 Å². The van der Waals surface area contributed by atoms with Crippen LogP contribution in [0.1, 0.15) is 38.8 Å². The molecular formula is C41H63Cl3Si5Ti. The third-order valence-corrected chi connectivity index (χ3v) is 26.8. The monoisotopic (exact) mass is 848 g/mol. The van der Waals surface area contributed by atoms with Gasteiger partial charge in [0.25, 0.3) is 0 Å². The van der Waals surface area contributed by atoms with Crippen LogP contribution in [0.2, 0.25) is 83.6 Å². The number of hydrogen-bond acceptors (Lipinski definition) is 0. The summed E-state index contributed by atoms with van der Waals surface area (Å²) in [5.74, 6) is 0. The quantitative estimate of drug-likeness (QED) is 0.200. The van der Waals surface area contributed by atoms with Crippen molar-refractivity contribution in [3.8, 4) is 0 Å². The van der Waals surface area contributed by atoms with Gasteiger partial charge in [0.1, 0.15) is 0 Å². The van der Waals surface area contributed by atoms with Crippen LogP contribution >= 0.6 is 0 Å². The van der Waals surface area contributed by atoms with Crippen molar-refractivity contribution < 1.29 is 57.7 Å². The summed E-state index contributed by atoms with van der Waals surface area (Å²) in [5.41, 5.74) is 7.36. The van der Waals surface area contributed by atoms with Crippen LogP contribution in [-0.4, -0.2) is 40.4 Å². The van der Waals surface area contributed by atoms with Crippen LogP contribution in [0.15, 0.2) is 75.2 Å². The van der Waals surface area contributed by atoms with Gasteiger partial charge in [-0.15, -0.1) is 0 Å². The van der Waals surface area contributed by atoms with Gasteiger partial charge in [0.05, 0.1) is 0 Å². The molecule has 1 aliphatic carbocycles. The van der Waals surface area contributed by atoms with Gasteiger partial charge in [0.15, 0.2) is 0 Å². The number of allylic oxidation sites excluding steroid dienone is 4. The van der Waals surface area contributed by atoms with E-state index in [-0.39, 0.29) is 42.3 Å². The first-order valence-corrected chi connectivity index (χ1v) is 34.5. The standard InChI is InChI=1S/C41H63Si5.3ClH.Ti/c1-29-19-30(2)21-38(20-29)46(41(6)28-31(3)32(4)33(41)5,39-24-34(42(7,8)9)22-35(25-39)43(10,11)12)40-26-36(44(13,14)15)23-37(27-40)45(16,17)18;;;;/h19-27H,1-18H3;3*1H;/q;;;;+3/p-3. The van der Waals surface area contributed by atoms with Crippen molar-refractivity contribution in [3.63, 3.8) is 0 Å². The minimum atomic E-state index is -2.86. The molecule has 3 aromatic carbocycles. The van der Waals surface area contributed by atoms with E-state index in [0.29, 0.717) is 0 Å². The summed E-state index contributed by atoms with van der Waals surface area (Å²) in [5, 5.41) is 11.2. The van der Waals surface area contributed by atoms with Crippen molar-refractivity contribution >= 4 is 76.7 Å². The van der Waals surface area contributed by atoms with Crippen LogP contribution in [0.25, 0.3) is 0 Å². The van der Waals surface area contributed by atoms with E-state index < -0.39 is 40.4 Å². The van der Waals surface area contributed by atoms with Gasteiger partial charge in [-0.25, -0.2) is 0 Å². The van der Waals surface area contributed by atoms with Crippen LogP contribution in [0.4, 0.5) is 0 Å². The fourth-order valence-corrected chi connectivity index (χ4v) is 21.3. The Labute approximate surface area is 342 Å². The first-order chi connectivity index (χ1) is 21.2.